The second-order valence-corrected chi connectivity index (χ2v) is 5.38. The Morgan fingerprint density at radius 1 is 1.35 bits per heavy atom. The van der Waals surface area contributed by atoms with Gasteiger partial charge < -0.3 is 15.8 Å². The summed E-state index contributed by atoms with van der Waals surface area (Å²) >= 11 is 0. The zero-order valence-corrected chi connectivity index (χ0v) is 12.3. The predicted molar refractivity (Wildman–Crippen MR) is 79.5 cm³/mol. The van der Waals surface area contributed by atoms with Crippen LogP contribution < -0.4 is 5.73 Å². The lowest BCUT2D eigenvalue weighted by molar-refractivity contribution is -0.132. The highest BCUT2D eigenvalue weighted by Crippen LogP contribution is 2.13. The molecule has 0 aliphatic carbocycles. The van der Waals surface area contributed by atoms with Crippen molar-refractivity contribution >= 4 is 11.7 Å². The van der Waals surface area contributed by atoms with Crippen molar-refractivity contribution in [2.75, 3.05) is 13.6 Å². The van der Waals surface area contributed by atoms with E-state index in [0.29, 0.717) is 18.9 Å². The van der Waals surface area contributed by atoms with Gasteiger partial charge in [0.2, 0.25) is 5.91 Å². The maximum absolute atomic E-state index is 12.4. The average Bonchev–Trinajstić information content (AvgIpc) is 2.43. The molecule has 110 valence electrons. The largest absolute Gasteiger partial charge is 0.409 e. The van der Waals surface area contributed by atoms with E-state index in [9.17, 15) is 4.79 Å². The summed E-state index contributed by atoms with van der Waals surface area (Å²) in [5, 5.41) is 11.9. The van der Waals surface area contributed by atoms with Gasteiger partial charge >= 0.3 is 0 Å². The molecule has 1 aromatic rings. The van der Waals surface area contributed by atoms with Gasteiger partial charge in [-0.3, -0.25) is 4.79 Å². The van der Waals surface area contributed by atoms with Crippen molar-refractivity contribution in [3.8, 4) is 0 Å². The van der Waals surface area contributed by atoms with Gasteiger partial charge in [-0.15, -0.1) is 0 Å². The SMILES string of the molecule is CC(C)CN(C)C(=O)C(Cc1ccccc1)C(N)=NO. The Morgan fingerprint density at radius 2 is 1.95 bits per heavy atom. The van der Waals surface area contributed by atoms with E-state index in [1.165, 1.54) is 0 Å². The number of carbonyl (C=O) groups excluding carboxylic acids is 1. The first kappa shape index (κ1) is 16.0. The summed E-state index contributed by atoms with van der Waals surface area (Å²) in [4.78, 5) is 14.1. The third-order valence-electron chi connectivity index (χ3n) is 3.07. The molecule has 1 atom stereocenters. The molecule has 0 bridgehead atoms. The summed E-state index contributed by atoms with van der Waals surface area (Å²) in [7, 11) is 1.74. The molecule has 0 heterocycles. The van der Waals surface area contributed by atoms with Crippen molar-refractivity contribution < 1.29 is 10.0 Å². The van der Waals surface area contributed by atoms with Crippen LogP contribution in [-0.4, -0.2) is 35.4 Å². The Morgan fingerprint density at radius 3 is 2.45 bits per heavy atom. The molecule has 1 amide bonds. The number of hydrogen-bond donors (Lipinski definition) is 2. The van der Waals surface area contributed by atoms with Gasteiger partial charge in [-0.25, -0.2) is 0 Å². The lowest BCUT2D eigenvalue weighted by Gasteiger charge is -2.24. The van der Waals surface area contributed by atoms with Crippen LogP contribution in [0.3, 0.4) is 0 Å². The van der Waals surface area contributed by atoms with Gasteiger partial charge in [0.1, 0.15) is 5.92 Å². The Balaban J connectivity index is 2.87. The lowest BCUT2D eigenvalue weighted by atomic mass is 9.96. The predicted octanol–water partition coefficient (Wildman–Crippen LogP) is 1.71. The quantitative estimate of drug-likeness (QED) is 0.359. The van der Waals surface area contributed by atoms with Gasteiger partial charge in [0.25, 0.3) is 0 Å². The zero-order chi connectivity index (χ0) is 15.1. The number of hydrogen-bond acceptors (Lipinski definition) is 3. The molecule has 0 saturated heterocycles. The van der Waals surface area contributed by atoms with E-state index in [-0.39, 0.29) is 11.7 Å². The topological polar surface area (TPSA) is 78.9 Å². The fourth-order valence-corrected chi connectivity index (χ4v) is 2.14. The van der Waals surface area contributed by atoms with Crippen molar-refractivity contribution in [2.24, 2.45) is 22.7 Å². The monoisotopic (exact) mass is 277 g/mol. The molecule has 0 spiro atoms. The van der Waals surface area contributed by atoms with Gasteiger partial charge in [0.15, 0.2) is 5.84 Å². The molecule has 0 aliphatic heterocycles. The summed E-state index contributed by atoms with van der Waals surface area (Å²) < 4.78 is 0. The molecule has 0 aromatic heterocycles. The van der Waals surface area contributed by atoms with Gasteiger partial charge in [-0.1, -0.05) is 49.3 Å². The Labute approximate surface area is 120 Å². The van der Waals surface area contributed by atoms with Crippen LogP contribution in [0.15, 0.2) is 35.5 Å². The van der Waals surface area contributed by atoms with Crippen molar-refractivity contribution in [3.63, 3.8) is 0 Å². The van der Waals surface area contributed by atoms with Crippen molar-refractivity contribution in [1.82, 2.24) is 4.90 Å². The molecule has 0 aliphatic rings. The fourth-order valence-electron chi connectivity index (χ4n) is 2.14. The lowest BCUT2D eigenvalue weighted by Crippen LogP contribution is -2.42. The van der Waals surface area contributed by atoms with Gasteiger partial charge in [-0.2, -0.15) is 0 Å². The number of oxime groups is 1. The highest BCUT2D eigenvalue weighted by Gasteiger charge is 2.26. The molecule has 0 fully saturated rings. The van der Waals surface area contributed by atoms with Crippen LogP contribution in [0.25, 0.3) is 0 Å². The van der Waals surface area contributed by atoms with E-state index in [1.54, 1.807) is 11.9 Å². The van der Waals surface area contributed by atoms with Crippen LogP contribution in [0.1, 0.15) is 19.4 Å². The number of amides is 1. The first-order chi connectivity index (χ1) is 9.45. The number of nitrogens with zero attached hydrogens (tertiary/aromatic N) is 2. The van der Waals surface area contributed by atoms with E-state index in [1.807, 2.05) is 44.2 Å². The van der Waals surface area contributed by atoms with E-state index in [2.05, 4.69) is 5.16 Å². The first-order valence-electron chi connectivity index (χ1n) is 6.72. The molecule has 5 nitrogen and oxygen atoms in total. The van der Waals surface area contributed by atoms with Crippen LogP contribution in [0.4, 0.5) is 0 Å². The van der Waals surface area contributed by atoms with Crippen LogP contribution >= 0.6 is 0 Å². The zero-order valence-electron chi connectivity index (χ0n) is 12.3. The molecule has 1 unspecified atom stereocenters. The molecule has 3 N–H and O–H groups in total. The van der Waals surface area contributed by atoms with Crippen LogP contribution in [0, 0.1) is 11.8 Å². The highest BCUT2D eigenvalue weighted by atomic mass is 16.4. The summed E-state index contributed by atoms with van der Waals surface area (Å²) in [5.41, 5.74) is 6.67. The highest BCUT2D eigenvalue weighted by molar-refractivity contribution is 6.02. The third kappa shape index (κ3) is 4.57. The van der Waals surface area contributed by atoms with E-state index in [0.717, 1.165) is 5.56 Å². The fraction of sp³-hybridized carbons (Fsp3) is 0.467. The summed E-state index contributed by atoms with van der Waals surface area (Å²) in [6.07, 6.45) is 0.429. The van der Waals surface area contributed by atoms with Crippen LogP contribution in [-0.2, 0) is 11.2 Å². The minimum atomic E-state index is -0.633. The minimum Gasteiger partial charge on any atom is -0.409 e. The molecular formula is C15H23N3O2. The normalized spacial score (nSPS) is 13.3. The number of benzene rings is 1. The summed E-state index contributed by atoms with van der Waals surface area (Å²) in [5.74, 6) is -0.438. The van der Waals surface area contributed by atoms with E-state index in [4.69, 9.17) is 10.9 Å². The molecule has 1 aromatic carbocycles. The number of carbonyl (C=O) groups is 1. The number of nitrogens with two attached hydrogens (primary N) is 1. The standard InChI is InChI=1S/C15H23N3O2/c1-11(2)10-18(3)15(19)13(14(16)17-20)9-12-7-5-4-6-8-12/h4-8,11,13,20H,9-10H2,1-3H3,(H2,16,17). The Kier molecular flexibility index (Phi) is 6.03. The van der Waals surface area contributed by atoms with Crippen molar-refractivity contribution in [2.45, 2.75) is 20.3 Å². The molecular weight excluding hydrogens is 254 g/mol. The molecule has 20 heavy (non-hydrogen) atoms. The van der Waals surface area contributed by atoms with Gasteiger partial charge in [-0.05, 0) is 17.9 Å². The minimum absolute atomic E-state index is 0.0468. The molecule has 5 heteroatoms. The average molecular weight is 277 g/mol. The molecule has 1 rings (SSSR count). The van der Waals surface area contributed by atoms with Crippen molar-refractivity contribution in [1.29, 1.82) is 0 Å². The first-order valence-corrected chi connectivity index (χ1v) is 6.72. The molecule has 0 saturated carbocycles. The number of rotatable bonds is 6. The maximum atomic E-state index is 12.4. The van der Waals surface area contributed by atoms with E-state index >= 15 is 0 Å². The molecule has 0 radical (unpaired) electrons. The Hall–Kier alpha value is -2.04. The summed E-state index contributed by atoms with van der Waals surface area (Å²) in [6, 6.07) is 9.57. The van der Waals surface area contributed by atoms with Gasteiger partial charge in [0, 0.05) is 13.6 Å². The smallest absolute Gasteiger partial charge is 0.233 e. The van der Waals surface area contributed by atoms with Crippen LogP contribution in [0.2, 0.25) is 0 Å². The summed E-state index contributed by atoms with van der Waals surface area (Å²) in [6.45, 7) is 4.72. The van der Waals surface area contributed by atoms with Crippen molar-refractivity contribution in [3.05, 3.63) is 35.9 Å². The maximum Gasteiger partial charge on any atom is 0.233 e. The Bertz CT molecular complexity index is 457. The van der Waals surface area contributed by atoms with E-state index < -0.39 is 5.92 Å². The van der Waals surface area contributed by atoms with Crippen LogP contribution in [0.5, 0.6) is 0 Å². The third-order valence-corrected chi connectivity index (χ3v) is 3.07. The second-order valence-electron chi connectivity index (χ2n) is 5.38. The van der Waals surface area contributed by atoms with Gasteiger partial charge in [0.05, 0.1) is 0 Å². The number of amidine groups is 1. The second kappa shape index (κ2) is 7.53.